The topological polar surface area (TPSA) is 144 Å². The first kappa shape index (κ1) is 33.7. The maximum Gasteiger partial charge on any atom is 0.326 e. The summed E-state index contributed by atoms with van der Waals surface area (Å²) in [5.41, 5.74) is 0. The number of aliphatic hydroxyl groups is 2. The first-order valence-electron chi connectivity index (χ1n) is 11.3. The molecule has 0 aromatic carbocycles. The molecule has 0 saturated heterocycles. The van der Waals surface area contributed by atoms with E-state index in [9.17, 15) is 14.4 Å². The summed E-state index contributed by atoms with van der Waals surface area (Å²) < 4.78 is 0. The van der Waals surface area contributed by atoms with E-state index in [4.69, 9.17) is 20.4 Å². The molecule has 0 radical (unpaired) electrons. The molecular formula is C23H45NO7. The van der Waals surface area contributed by atoms with Gasteiger partial charge in [-0.2, -0.15) is 0 Å². The van der Waals surface area contributed by atoms with Gasteiger partial charge in [0, 0.05) is 6.42 Å². The Kier molecular flexibility index (Phi) is 30.5. The van der Waals surface area contributed by atoms with Gasteiger partial charge >= 0.3 is 11.9 Å². The lowest BCUT2D eigenvalue weighted by atomic mass is 10.0. The summed E-state index contributed by atoms with van der Waals surface area (Å²) in [7, 11) is 0. The summed E-state index contributed by atoms with van der Waals surface area (Å²) in [5.74, 6) is -2.94. The molecule has 0 aliphatic rings. The van der Waals surface area contributed by atoms with E-state index in [1.54, 1.807) is 0 Å². The second-order valence-electron chi connectivity index (χ2n) is 7.14. The van der Waals surface area contributed by atoms with Crippen molar-refractivity contribution in [2.24, 2.45) is 0 Å². The average Bonchev–Trinajstić information content (AvgIpc) is 2.75. The second-order valence-corrected chi connectivity index (χ2v) is 7.14. The molecule has 1 atom stereocenters. The van der Waals surface area contributed by atoms with Crippen molar-refractivity contribution >= 4 is 17.8 Å². The molecule has 0 aromatic heterocycles. The highest BCUT2D eigenvalue weighted by Crippen LogP contribution is 2.12. The van der Waals surface area contributed by atoms with Crippen molar-refractivity contribution in [1.29, 1.82) is 0 Å². The number of aliphatic carboxylic acids is 2. The van der Waals surface area contributed by atoms with Crippen LogP contribution in [0.2, 0.25) is 0 Å². The zero-order valence-electron chi connectivity index (χ0n) is 19.3. The van der Waals surface area contributed by atoms with Crippen LogP contribution in [0, 0.1) is 0 Å². The third-order valence-corrected chi connectivity index (χ3v) is 4.37. The predicted molar refractivity (Wildman–Crippen MR) is 123 cm³/mol. The Morgan fingerprint density at radius 3 is 1.45 bits per heavy atom. The summed E-state index contributed by atoms with van der Waals surface area (Å²) in [4.78, 5) is 33.1. The van der Waals surface area contributed by atoms with Crippen molar-refractivity contribution in [2.75, 3.05) is 13.2 Å². The summed E-state index contributed by atoms with van der Waals surface area (Å²) in [6, 6.07) is -1.35. The van der Waals surface area contributed by atoms with Gasteiger partial charge in [0.25, 0.3) is 0 Å². The molecule has 184 valence electrons. The molecule has 8 heteroatoms. The molecule has 0 fully saturated rings. The molecule has 0 aromatic rings. The SMILES string of the molecule is C=C.CCCCCCCCCCCCCCC(=O)NC(CC(=O)O)C(=O)O.OCCO. The van der Waals surface area contributed by atoms with E-state index in [1.807, 2.05) is 0 Å². The van der Waals surface area contributed by atoms with Crippen LogP contribution < -0.4 is 5.32 Å². The van der Waals surface area contributed by atoms with Crippen LogP contribution in [0.1, 0.15) is 96.8 Å². The Balaban J connectivity index is -0.00000116. The molecule has 0 bridgehead atoms. The molecule has 0 aliphatic heterocycles. The average molecular weight is 448 g/mol. The molecule has 1 amide bonds. The lowest BCUT2D eigenvalue weighted by molar-refractivity contribution is -0.147. The highest BCUT2D eigenvalue weighted by atomic mass is 16.4. The lowest BCUT2D eigenvalue weighted by Crippen LogP contribution is -2.42. The highest BCUT2D eigenvalue weighted by molar-refractivity contribution is 5.86. The van der Waals surface area contributed by atoms with Gasteiger partial charge in [-0.1, -0.05) is 77.6 Å². The fourth-order valence-corrected chi connectivity index (χ4v) is 2.77. The quantitative estimate of drug-likeness (QED) is 0.158. The van der Waals surface area contributed by atoms with E-state index in [0.717, 1.165) is 12.8 Å². The predicted octanol–water partition coefficient (Wildman–Crippen LogP) is 3.89. The van der Waals surface area contributed by atoms with Crippen molar-refractivity contribution in [1.82, 2.24) is 5.32 Å². The molecule has 31 heavy (non-hydrogen) atoms. The van der Waals surface area contributed by atoms with Gasteiger partial charge in [-0.3, -0.25) is 9.59 Å². The number of carboxylic acids is 2. The molecule has 8 nitrogen and oxygen atoms in total. The van der Waals surface area contributed by atoms with Gasteiger partial charge in [-0.15, -0.1) is 13.2 Å². The highest BCUT2D eigenvalue weighted by Gasteiger charge is 2.22. The van der Waals surface area contributed by atoms with Gasteiger partial charge in [0.1, 0.15) is 6.04 Å². The molecule has 0 heterocycles. The molecule has 1 unspecified atom stereocenters. The number of unbranched alkanes of at least 4 members (excludes halogenated alkanes) is 11. The minimum absolute atomic E-state index is 0.125. The van der Waals surface area contributed by atoms with Gasteiger partial charge in [0.05, 0.1) is 19.6 Å². The Bertz CT molecular complexity index is 428. The lowest BCUT2D eigenvalue weighted by Gasteiger charge is -2.12. The van der Waals surface area contributed by atoms with Crippen LogP contribution in [-0.4, -0.2) is 57.5 Å². The Morgan fingerprint density at radius 2 is 1.13 bits per heavy atom. The smallest absolute Gasteiger partial charge is 0.326 e. The van der Waals surface area contributed by atoms with E-state index in [1.165, 1.54) is 57.8 Å². The zero-order valence-corrected chi connectivity index (χ0v) is 19.3. The van der Waals surface area contributed by atoms with Gasteiger partial charge < -0.3 is 25.7 Å². The minimum atomic E-state index is -1.35. The summed E-state index contributed by atoms with van der Waals surface area (Å²) >= 11 is 0. The first-order chi connectivity index (χ1) is 14.9. The van der Waals surface area contributed by atoms with Crippen LogP contribution in [0.3, 0.4) is 0 Å². The fraction of sp³-hybridized carbons (Fsp3) is 0.783. The Hall–Kier alpha value is -1.93. The van der Waals surface area contributed by atoms with Gasteiger partial charge in [-0.25, -0.2) is 4.79 Å². The fourth-order valence-electron chi connectivity index (χ4n) is 2.77. The number of amides is 1. The van der Waals surface area contributed by atoms with Crippen molar-refractivity contribution in [3.8, 4) is 0 Å². The van der Waals surface area contributed by atoms with Gasteiger partial charge in [0.15, 0.2) is 0 Å². The van der Waals surface area contributed by atoms with Gasteiger partial charge in [-0.05, 0) is 6.42 Å². The maximum atomic E-state index is 11.7. The molecule has 5 N–H and O–H groups in total. The molecule has 0 spiro atoms. The van der Waals surface area contributed by atoms with Crippen molar-refractivity contribution in [3.63, 3.8) is 0 Å². The molecule has 0 saturated carbocycles. The van der Waals surface area contributed by atoms with Crippen molar-refractivity contribution in [2.45, 2.75) is 103 Å². The number of hydrogen-bond donors (Lipinski definition) is 5. The van der Waals surface area contributed by atoms with Crippen molar-refractivity contribution < 1.29 is 34.8 Å². The largest absolute Gasteiger partial charge is 0.481 e. The number of carboxylic acid groups (broad SMARTS) is 2. The third kappa shape index (κ3) is 30.4. The summed E-state index contributed by atoms with van der Waals surface area (Å²) in [6.07, 6.45) is 14.1. The zero-order chi connectivity index (χ0) is 24.3. The van der Waals surface area contributed by atoms with Crippen LogP contribution in [-0.2, 0) is 14.4 Å². The number of hydrogen-bond acceptors (Lipinski definition) is 5. The number of carbonyl (C=O) groups is 3. The standard InChI is InChI=1S/C19H35NO5.C2H6O2.C2H4/c1-2-3-4-5-6-7-8-9-10-11-12-13-14-17(21)20-16(19(24)25)15-18(22)23;3-1-2-4;1-2/h16H,2-15H2,1H3,(H,20,21)(H,22,23)(H,24,25);3-4H,1-2H2;1-2H2. The summed E-state index contributed by atoms with van der Waals surface area (Å²) in [6.45, 7) is 7.98. The van der Waals surface area contributed by atoms with E-state index in [-0.39, 0.29) is 25.5 Å². The van der Waals surface area contributed by atoms with E-state index < -0.39 is 24.4 Å². The number of aliphatic hydroxyl groups excluding tert-OH is 2. The number of carbonyl (C=O) groups excluding carboxylic acids is 1. The molecular weight excluding hydrogens is 402 g/mol. The maximum absolute atomic E-state index is 11.7. The Morgan fingerprint density at radius 1 is 0.742 bits per heavy atom. The van der Waals surface area contributed by atoms with Crippen molar-refractivity contribution in [3.05, 3.63) is 13.2 Å². The minimum Gasteiger partial charge on any atom is -0.481 e. The molecule has 0 rings (SSSR count). The Labute approximate surface area is 187 Å². The van der Waals surface area contributed by atoms with E-state index in [0.29, 0.717) is 6.42 Å². The normalized spacial score (nSPS) is 10.7. The van der Waals surface area contributed by atoms with Gasteiger partial charge in [0.2, 0.25) is 5.91 Å². The van der Waals surface area contributed by atoms with Crippen LogP contribution in [0.15, 0.2) is 13.2 Å². The summed E-state index contributed by atoms with van der Waals surface area (Å²) in [5, 5.41) is 35.0. The van der Waals surface area contributed by atoms with Crippen LogP contribution in [0.4, 0.5) is 0 Å². The van der Waals surface area contributed by atoms with Crippen LogP contribution in [0.5, 0.6) is 0 Å². The number of nitrogens with one attached hydrogen (secondary N) is 1. The van der Waals surface area contributed by atoms with E-state index in [2.05, 4.69) is 25.4 Å². The van der Waals surface area contributed by atoms with E-state index >= 15 is 0 Å². The van der Waals surface area contributed by atoms with Crippen LogP contribution in [0.25, 0.3) is 0 Å². The first-order valence-corrected chi connectivity index (χ1v) is 11.3. The third-order valence-electron chi connectivity index (χ3n) is 4.37. The molecule has 0 aliphatic carbocycles. The number of rotatable bonds is 18. The van der Waals surface area contributed by atoms with Crippen LogP contribution >= 0.6 is 0 Å². The second kappa shape index (κ2) is 28.1. The monoisotopic (exact) mass is 447 g/mol.